The van der Waals surface area contributed by atoms with E-state index in [1.807, 2.05) is 36.7 Å². The summed E-state index contributed by atoms with van der Waals surface area (Å²) in [5.74, 6) is 2.39. The van der Waals surface area contributed by atoms with Crippen LogP contribution in [0.3, 0.4) is 0 Å². The summed E-state index contributed by atoms with van der Waals surface area (Å²) in [5.41, 5.74) is 2.20. The number of nitrogens with zero attached hydrogens (tertiary/aromatic N) is 4. The van der Waals surface area contributed by atoms with Crippen LogP contribution in [0.2, 0.25) is 0 Å². The molecule has 1 saturated heterocycles. The number of rotatable bonds is 8. The van der Waals surface area contributed by atoms with Crippen LogP contribution >= 0.6 is 0 Å². The number of hydrogen-bond donors (Lipinski definition) is 0. The minimum absolute atomic E-state index is 0.763. The summed E-state index contributed by atoms with van der Waals surface area (Å²) < 4.78 is 5.21. The Hall–Kier alpha value is -1.98. The molecule has 0 amide bonds. The first kappa shape index (κ1) is 19.8. The van der Waals surface area contributed by atoms with Crippen molar-refractivity contribution in [1.29, 1.82) is 0 Å². The molecule has 2 heterocycles. The number of piperidine rings is 1. The van der Waals surface area contributed by atoms with Crippen LogP contribution in [-0.2, 0) is 6.54 Å². The van der Waals surface area contributed by atoms with E-state index in [1.165, 1.54) is 38.0 Å². The normalized spacial score (nSPS) is 18.0. The zero-order valence-electron chi connectivity index (χ0n) is 16.9. The average Bonchev–Trinajstić information content (AvgIpc) is 2.73. The summed E-state index contributed by atoms with van der Waals surface area (Å²) in [5, 5.41) is 0. The Morgan fingerprint density at radius 2 is 1.81 bits per heavy atom. The lowest BCUT2D eigenvalue weighted by atomic mass is 9.97. The smallest absolute Gasteiger partial charge is 0.159 e. The van der Waals surface area contributed by atoms with Gasteiger partial charge in [0.2, 0.25) is 0 Å². The van der Waals surface area contributed by atoms with Gasteiger partial charge in [-0.15, -0.1) is 0 Å². The van der Waals surface area contributed by atoms with E-state index in [2.05, 4.69) is 33.6 Å². The third-order valence-electron chi connectivity index (χ3n) is 5.47. The third-order valence-corrected chi connectivity index (χ3v) is 5.47. The molecule has 5 heteroatoms. The second-order valence-electron chi connectivity index (χ2n) is 7.37. The second-order valence-corrected chi connectivity index (χ2v) is 7.37. The fourth-order valence-electron chi connectivity index (χ4n) is 3.87. The Bertz CT molecular complexity index is 682. The van der Waals surface area contributed by atoms with Crippen molar-refractivity contribution in [2.24, 2.45) is 5.92 Å². The van der Waals surface area contributed by atoms with Gasteiger partial charge in [-0.25, -0.2) is 9.97 Å². The molecule has 146 valence electrons. The lowest BCUT2D eigenvalue weighted by molar-refractivity contribution is 0.132. The number of hydrogen-bond acceptors (Lipinski definition) is 5. The SMILES string of the molecule is CCN(CC)C[C@@H]1CCCN(Cc2cnc(-c3ccc(OC)cc3)nc2)C1. The maximum atomic E-state index is 5.21. The van der Waals surface area contributed by atoms with Gasteiger partial charge in [-0.3, -0.25) is 4.90 Å². The van der Waals surface area contributed by atoms with Gasteiger partial charge in [-0.1, -0.05) is 13.8 Å². The molecule has 1 aliphatic heterocycles. The van der Waals surface area contributed by atoms with Crippen LogP contribution in [0.1, 0.15) is 32.3 Å². The van der Waals surface area contributed by atoms with Gasteiger partial charge in [0.05, 0.1) is 7.11 Å². The summed E-state index contributed by atoms with van der Waals surface area (Å²) in [6, 6.07) is 7.87. The molecule has 0 radical (unpaired) electrons. The van der Waals surface area contributed by atoms with Gasteiger partial charge < -0.3 is 9.64 Å². The molecule has 27 heavy (non-hydrogen) atoms. The molecule has 0 spiro atoms. The van der Waals surface area contributed by atoms with Crippen molar-refractivity contribution in [2.45, 2.75) is 33.2 Å². The van der Waals surface area contributed by atoms with Gasteiger partial charge in [0.15, 0.2) is 5.82 Å². The standard InChI is InChI=1S/C22H32N4O/c1-4-25(5-2)15-18-7-6-12-26(16-18)17-19-13-23-22(24-14-19)20-8-10-21(27-3)11-9-20/h8-11,13-14,18H,4-7,12,15-17H2,1-3H3/t18-/m0/s1. The Morgan fingerprint density at radius 1 is 1.11 bits per heavy atom. The molecule has 1 aromatic carbocycles. The van der Waals surface area contributed by atoms with Crippen LogP contribution in [-0.4, -0.2) is 59.6 Å². The van der Waals surface area contributed by atoms with Crippen molar-refractivity contribution < 1.29 is 4.74 Å². The van der Waals surface area contributed by atoms with Crippen LogP contribution < -0.4 is 4.74 Å². The maximum absolute atomic E-state index is 5.21. The summed E-state index contributed by atoms with van der Waals surface area (Å²) in [4.78, 5) is 14.3. The maximum Gasteiger partial charge on any atom is 0.159 e. The van der Waals surface area contributed by atoms with Crippen molar-refractivity contribution >= 4 is 0 Å². The highest BCUT2D eigenvalue weighted by molar-refractivity contribution is 5.55. The van der Waals surface area contributed by atoms with Crippen molar-refractivity contribution in [2.75, 3.05) is 39.8 Å². The highest BCUT2D eigenvalue weighted by Gasteiger charge is 2.21. The van der Waals surface area contributed by atoms with Gasteiger partial charge in [0.25, 0.3) is 0 Å². The van der Waals surface area contributed by atoms with Gasteiger partial charge in [-0.05, 0) is 62.7 Å². The first-order valence-electron chi connectivity index (χ1n) is 10.1. The second kappa shape index (κ2) is 9.81. The van der Waals surface area contributed by atoms with Crippen molar-refractivity contribution in [3.8, 4) is 17.1 Å². The molecule has 0 saturated carbocycles. The van der Waals surface area contributed by atoms with Gasteiger partial charge >= 0.3 is 0 Å². The van der Waals surface area contributed by atoms with Crippen LogP contribution in [0.5, 0.6) is 5.75 Å². The lowest BCUT2D eigenvalue weighted by Crippen LogP contribution is -2.40. The first-order valence-corrected chi connectivity index (χ1v) is 10.1. The Kier molecular flexibility index (Phi) is 7.18. The average molecular weight is 369 g/mol. The third kappa shape index (κ3) is 5.50. The van der Waals surface area contributed by atoms with Crippen LogP contribution in [0.25, 0.3) is 11.4 Å². The van der Waals surface area contributed by atoms with E-state index in [0.29, 0.717) is 0 Å². The minimum Gasteiger partial charge on any atom is -0.497 e. The predicted octanol–water partition coefficient (Wildman–Crippen LogP) is 3.71. The molecule has 1 fully saturated rings. The van der Waals surface area contributed by atoms with E-state index in [0.717, 1.165) is 42.7 Å². The van der Waals surface area contributed by atoms with Crippen LogP contribution in [0.15, 0.2) is 36.7 Å². The van der Waals surface area contributed by atoms with E-state index in [1.54, 1.807) is 7.11 Å². The molecule has 1 aliphatic rings. The highest BCUT2D eigenvalue weighted by Crippen LogP contribution is 2.21. The van der Waals surface area contributed by atoms with Crippen molar-refractivity contribution in [3.05, 3.63) is 42.2 Å². The topological polar surface area (TPSA) is 41.5 Å². The fraction of sp³-hybridized carbons (Fsp3) is 0.545. The molecule has 0 aliphatic carbocycles. The zero-order valence-corrected chi connectivity index (χ0v) is 16.9. The summed E-state index contributed by atoms with van der Waals surface area (Å²) in [6.07, 6.45) is 6.58. The summed E-state index contributed by atoms with van der Waals surface area (Å²) in [7, 11) is 1.67. The molecular weight excluding hydrogens is 336 g/mol. The van der Waals surface area contributed by atoms with Gasteiger partial charge in [-0.2, -0.15) is 0 Å². The van der Waals surface area contributed by atoms with E-state index < -0.39 is 0 Å². The minimum atomic E-state index is 0.763. The quantitative estimate of drug-likeness (QED) is 0.710. The number of benzene rings is 1. The molecular formula is C22H32N4O. The first-order chi connectivity index (χ1) is 13.2. The van der Waals surface area contributed by atoms with Gasteiger partial charge in [0.1, 0.15) is 5.75 Å². The zero-order chi connectivity index (χ0) is 19.1. The summed E-state index contributed by atoms with van der Waals surface area (Å²) >= 11 is 0. The lowest BCUT2D eigenvalue weighted by Gasteiger charge is -2.35. The van der Waals surface area contributed by atoms with E-state index in [-0.39, 0.29) is 0 Å². The number of aromatic nitrogens is 2. The van der Waals surface area contributed by atoms with Crippen LogP contribution in [0.4, 0.5) is 0 Å². The van der Waals surface area contributed by atoms with Crippen LogP contribution in [0, 0.1) is 5.92 Å². The van der Waals surface area contributed by atoms with E-state index >= 15 is 0 Å². The molecule has 0 N–H and O–H groups in total. The fourth-order valence-corrected chi connectivity index (χ4v) is 3.87. The van der Waals surface area contributed by atoms with Crippen molar-refractivity contribution in [1.82, 2.24) is 19.8 Å². The molecule has 1 atom stereocenters. The Labute approximate surface area is 163 Å². The number of methoxy groups -OCH3 is 1. The Morgan fingerprint density at radius 3 is 2.44 bits per heavy atom. The molecule has 2 aromatic rings. The molecule has 5 nitrogen and oxygen atoms in total. The molecule has 0 bridgehead atoms. The molecule has 0 unspecified atom stereocenters. The largest absolute Gasteiger partial charge is 0.497 e. The summed E-state index contributed by atoms with van der Waals surface area (Å²) in [6.45, 7) is 11.3. The number of ether oxygens (including phenoxy) is 1. The Balaban J connectivity index is 1.57. The predicted molar refractivity (Wildman–Crippen MR) is 110 cm³/mol. The number of likely N-dealkylation sites (tertiary alicyclic amines) is 1. The monoisotopic (exact) mass is 368 g/mol. The molecule has 1 aromatic heterocycles. The van der Waals surface area contributed by atoms with Crippen molar-refractivity contribution in [3.63, 3.8) is 0 Å². The van der Waals surface area contributed by atoms with E-state index in [9.17, 15) is 0 Å². The molecule has 3 rings (SSSR count). The van der Waals surface area contributed by atoms with E-state index in [4.69, 9.17) is 4.74 Å². The highest BCUT2D eigenvalue weighted by atomic mass is 16.5. The van der Waals surface area contributed by atoms with Gasteiger partial charge in [0, 0.05) is 43.2 Å².